The number of aldehydes is 1. The van der Waals surface area contributed by atoms with Crippen LogP contribution in [0.4, 0.5) is 26.3 Å². The SMILES string of the molecule is COc1cc(C#N)cc(C(F)(F)F)c1.COc1cc(C=O)cc(C(F)(F)F)c1. The molecular weight excluding hydrogens is 392 g/mol. The molecule has 0 bridgehead atoms. The molecule has 0 atom stereocenters. The number of nitriles is 1. The van der Waals surface area contributed by atoms with Crippen molar-refractivity contribution in [2.75, 3.05) is 14.2 Å². The average molecular weight is 405 g/mol. The van der Waals surface area contributed by atoms with Crippen LogP contribution in [0, 0.1) is 11.3 Å². The van der Waals surface area contributed by atoms with E-state index in [-0.39, 0.29) is 22.6 Å². The highest BCUT2D eigenvalue weighted by Gasteiger charge is 2.32. The number of ether oxygens (including phenoxy) is 2. The van der Waals surface area contributed by atoms with Gasteiger partial charge in [0.2, 0.25) is 0 Å². The maximum absolute atomic E-state index is 12.3. The lowest BCUT2D eigenvalue weighted by Crippen LogP contribution is -2.06. The van der Waals surface area contributed by atoms with Gasteiger partial charge in [0.1, 0.15) is 17.8 Å². The molecule has 150 valence electrons. The van der Waals surface area contributed by atoms with Crippen LogP contribution in [0.1, 0.15) is 27.0 Å². The van der Waals surface area contributed by atoms with Crippen molar-refractivity contribution >= 4 is 6.29 Å². The van der Waals surface area contributed by atoms with E-state index in [4.69, 9.17) is 5.26 Å². The summed E-state index contributed by atoms with van der Waals surface area (Å²) in [4.78, 5) is 10.3. The number of methoxy groups -OCH3 is 2. The maximum Gasteiger partial charge on any atom is 0.416 e. The van der Waals surface area contributed by atoms with Crippen LogP contribution in [0.25, 0.3) is 0 Å². The Morgan fingerprint density at radius 3 is 1.68 bits per heavy atom. The minimum absolute atomic E-state index is 0.0157. The van der Waals surface area contributed by atoms with Crippen LogP contribution in [0.3, 0.4) is 0 Å². The summed E-state index contributed by atoms with van der Waals surface area (Å²) in [6.07, 6.45) is -8.58. The largest absolute Gasteiger partial charge is 0.497 e. The summed E-state index contributed by atoms with van der Waals surface area (Å²) in [6, 6.07) is 7.36. The zero-order valence-corrected chi connectivity index (χ0v) is 14.5. The van der Waals surface area contributed by atoms with Gasteiger partial charge in [0, 0.05) is 5.56 Å². The number of nitrogens with zero attached hydrogens (tertiary/aromatic N) is 1. The second kappa shape index (κ2) is 9.12. The van der Waals surface area contributed by atoms with Crippen molar-refractivity contribution in [3.8, 4) is 17.6 Å². The van der Waals surface area contributed by atoms with Crippen LogP contribution in [0.2, 0.25) is 0 Å². The Hall–Kier alpha value is -3.22. The molecule has 0 aromatic heterocycles. The highest BCUT2D eigenvalue weighted by atomic mass is 19.4. The molecule has 0 radical (unpaired) electrons. The predicted molar refractivity (Wildman–Crippen MR) is 86.1 cm³/mol. The van der Waals surface area contributed by atoms with E-state index >= 15 is 0 Å². The molecule has 0 saturated carbocycles. The molecule has 4 nitrogen and oxygen atoms in total. The molecule has 0 N–H and O–H groups in total. The number of carbonyl (C=O) groups excluding carboxylic acids is 1. The molecule has 0 fully saturated rings. The minimum atomic E-state index is -4.47. The molecule has 0 aliphatic rings. The third-order valence-electron chi connectivity index (χ3n) is 3.23. The Balaban J connectivity index is 0.000000280. The van der Waals surface area contributed by atoms with Gasteiger partial charge in [-0.05, 0) is 36.4 Å². The van der Waals surface area contributed by atoms with E-state index in [2.05, 4.69) is 9.47 Å². The summed E-state index contributed by atoms with van der Waals surface area (Å²) in [6.45, 7) is 0. The summed E-state index contributed by atoms with van der Waals surface area (Å²) in [5, 5.41) is 8.47. The molecule has 2 rings (SSSR count). The van der Waals surface area contributed by atoms with E-state index in [0.29, 0.717) is 6.29 Å². The van der Waals surface area contributed by atoms with Gasteiger partial charge in [0.05, 0.1) is 37.0 Å². The molecule has 0 heterocycles. The van der Waals surface area contributed by atoms with E-state index in [1.807, 2.05) is 0 Å². The average Bonchev–Trinajstić information content (AvgIpc) is 2.66. The Labute approximate surface area is 155 Å². The Morgan fingerprint density at radius 1 is 0.821 bits per heavy atom. The molecule has 2 aromatic carbocycles. The van der Waals surface area contributed by atoms with Crippen molar-refractivity contribution in [1.29, 1.82) is 5.26 Å². The van der Waals surface area contributed by atoms with Gasteiger partial charge in [-0.25, -0.2) is 0 Å². The molecule has 0 saturated heterocycles. The highest BCUT2D eigenvalue weighted by Crippen LogP contribution is 2.33. The predicted octanol–water partition coefficient (Wildman–Crippen LogP) is 5.11. The van der Waals surface area contributed by atoms with Crippen LogP contribution in [0.15, 0.2) is 36.4 Å². The maximum atomic E-state index is 12.3. The topological polar surface area (TPSA) is 59.3 Å². The zero-order valence-electron chi connectivity index (χ0n) is 14.5. The smallest absolute Gasteiger partial charge is 0.416 e. The van der Waals surface area contributed by atoms with Gasteiger partial charge in [0.25, 0.3) is 0 Å². The Bertz CT molecular complexity index is 869. The molecule has 0 aliphatic carbocycles. The van der Waals surface area contributed by atoms with Gasteiger partial charge in [-0.1, -0.05) is 0 Å². The molecular formula is C18H13F6NO3. The van der Waals surface area contributed by atoms with Crippen molar-refractivity contribution in [3.05, 3.63) is 58.7 Å². The molecule has 0 unspecified atom stereocenters. The van der Waals surface area contributed by atoms with E-state index in [9.17, 15) is 31.1 Å². The van der Waals surface area contributed by atoms with E-state index in [1.54, 1.807) is 6.07 Å². The van der Waals surface area contributed by atoms with Crippen LogP contribution in [-0.4, -0.2) is 20.5 Å². The summed E-state index contributed by atoms with van der Waals surface area (Å²) in [5.41, 5.74) is -1.90. The second-order valence-electron chi connectivity index (χ2n) is 5.17. The second-order valence-corrected chi connectivity index (χ2v) is 5.17. The number of carbonyl (C=O) groups is 1. The summed E-state index contributed by atoms with van der Waals surface area (Å²) < 4.78 is 82.8. The summed E-state index contributed by atoms with van der Waals surface area (Å²) in [7, 11) is 2.49. The zero-order chi connectivity index (χ0) is 21.5. The summed E-state index contributed by atoms with van der Waals surface area (Å²) in [5.74, 6) is 0.0401. The van der Waals surface area contributed by atoms with E-state index < -0.39 is 23.5 Å². The van der Waals surface area contributed by atoms with Gasteiger partial charge >= 0.3 is 12.4 Å². The van der Waals surface area contributed by atoms with Crippen LogP contribution in [-0.2, 0) is 12.4 Å². The minimum Gasteiger partial charge on any atom is -0.497 e. The monoisotopic (exact) mass is 405 g/mol. The van der Waals surface area contributed by atoms with Crippen LogP contribution in [0.5, 0.6) is 11.5 Å². The first-order valence-corrected chi connectivity index (χ1v) is 7.32. The fourth-order valence-electron chi connectivity index (χ4n) is 1.92. The number of alkyl halides is 6. The third-order valence-corrected chi connectivity index (χ3v) is 3.23. The molecule has 0 amide bonds. The first kappa shape index (κ1) is 22.8. The number of hydrogen-bond acceptors (Lipinski definition) is 4. The lowest BCUT2D eigenvalue weighted by atomic mass is 10.1. The van der Waals surface area contributed by atoms with Crippen molar-refractivity contribution < 1.29 is 40.6 Å². The molecule has 28 heavy (non-hydrogen) atoms. The number of hydrogen-bond donors (Lipinski definition) is 0. The van der Waals surface area contributed by atoms with Gasteiger partial charge in [-0.2, -0.15) is 31.6 Å². The molecule has 10 heteroatoms. The Kier molecular flexibility index (Phi) is 7.43. The van der Waals surface area contributed by atoms with Gasteiger partial charge in [-0.15, -0.1) is 0 Å². The van der Waals surface area contributed by atoms with Crippen molar-refractivity contribution in [2.24, 2.45) is 0 Å². The fraction of sp³-hybridized carbons (Fsp3) is 0.222. The molecule has 0 aliphatic heterocycles. The quantitative estimate of drug-likeness (QED) is 0.526. The van der Waals surface area contributed by atoms with Crippen molar-refractivity contribution in [1.82, 2.24) is 0 Å². The Morgan fingerprint density at radius 2 is 1.29 bits per heavy atom. The van der Waals surface area contributed by atoms with Crippen molar-refractivity contribution in [2.45, 2.75) is 12.4 Å². The van der Waals surface area contributed by atoms with Crippen LogP contribution < -0.4 is 9.47 Å². The van der Waals surface area contributed by atoms with Gasteiger partial charge in [0.15, 0.2) is 0 Å². The van der Waals surface area contributed by atoms with Crippen molar-refractivity contribution in [3.63, 3.8) is 0 Å². The summed E-state index contributed by atoms with van der Waals surface area (Å²) >= 11 is 0. The molecule has 0 spiro atoms. The highest BCUT2D eigenvalue weighted by molar-refractivity contribution is 5.76. The van der Waals surface area contributed by atoms with Gasteiger partial charge < -0.3 is 9.47 Å². The van der Waals surface area contributed by atoms with E-state index in [1.165, 1.54) is 26.4 Å². The lowest BCUT2D eigenvalue weighted by Gasteiger charge is -2.09. The fourth-order valence-corrected chi connectivity index (χ4v) is 1.92. The first-order chi connectivity index (χ1) is 12.9. The molecule has 2 aromatic rings. The normalized spacial score (nSPS) is 11.0. The third kappa shape index (κ3) is 6.50. The number of halogens is 6. The van der Waals surface area contributed by atoms with Crippen LogP contribution >= 0.6 is 0 Å². The van der Waals surface area contributed by atoms with E-state index in [0.717, 1.165) is 24.3 Å². The van der Waals surface area contributed by atoms with Gasteiger partial charge in [-0.3, -0.25) is 4.79 Å². The lowest BCUT2D eigenvalue weighted by molar-refractivity contribution is -0.138. The first-order valence-electron chi connectivity index (χ1n) is 7.32. The standard InChI is InChI=1S/C9H6F3NO.C9H7F3O2/c2*1-14-8-3-6(5-13)2-7(4-8)9(10,11)12/h2-4H,1H3;2-5H,1H3. The number of rotatable bonds is 3. The number of benzene rings is 2.